The number of guanidine groups is 1. The quantitative estimate of drug-likeness (QED) is 0.00386. The number of non-ortho nitro benzene ring substituents is 1. The van der Waals surface area contributed by atoms with Crippen LogP contribution in [0.5, 0.6) is 5.75 Å². The predicted octanol–water partition coefficient (Wildman–Crippen LogP) is -3.24. The number of aliphatic imine (C=N–C) groups is 1. The number of primary amides is 1. The Morgan fingerprint density at radius 1 is 0.687 bits per heavy atom. The number of likely N-dealkylation sites (tertiary alicyclic amines) is 2. The molecule has 0 radical (unpaired) electrons. The van der Waals surface area contributed by atoms with E-state index in [1.807, 2.05) is 0 Å². The molecule has 0 spiro atoms. The molecule has 2 fully saturated rings. The topological polar surface area (TPSA) is 649 Å². The first-order chi connectivity index (χ1) is 54.5. The molecule has 2 aliphatic rings. The van der Waals surface area contributed by atoms with Gasteiger partial charge < -0.3 is 101 Å². The van der Waals surface area contributed by atoms with Gasteiger partial charge in [0.25, 0.3) is 23.2 Å². The minimum Gasteiger partial charge on any atom is -0.497 e. The Kier molecular flexibility index (Phi) is 37.8. The number of hydrogen-bond acceptors (Lipinski definition) is 26. The highest BCUT2D eigenvalue weighted by atomic mass is 32.2. The molecular weight excluding hydrogens is 1530 g/mol. The number of unbranched alkanes of at least 4 members (excludes halogenated alkanes) is 1. The fourth-order valence-corrected chi connectivity index (χ4v) is 12.9. The van der Waals surface area contributed by atoms with Crippen molar-refractivity contribution in [2.45, 2.75) is 153 Å². The number of nitrogens with two attached hydrogens (primary N) is 4. The van der Waals surface area contributed by atoms with E-state index in [-0.39, 0.29) is 125 Å². The van der Waals surface area contributed by atoms with E-state index in [0.717, 1.165) is 34.9 Å². The van der Waals surface area contributed by atoms with Crippen LogP contribution in [-0.2, 0) is 67.1 Å². The lowest BCUT2D eigenvalue weighted by Gasteiger charge is -2.27. The fraction of sp³-hybridized carbons (Fsp3) is 0.535. The van der Waals surface area contributed by atoms with Crippen LogP contribution in [-0.4, -0.2) is 234 Å². The van der Waals surface area contributed by atoms with Crippen molar-refractivity contribution in [2.75, 3.05) is 83.6 Å². The van der Waals surface area contributed by atoms with Crippen molar-refractivity contribution < 1.29 is 90.9 Å². The van der Waals surface area contributed by atoms with Crippen molar-refractivity contribution in [3.63, 3.8) is 0 Å². The molecule has 628 valence electrons. The molecule has 5 rings (SSSR count). The van der Waals surface area contributed by atoms with Gasteiger partial charge in [0.2, 0.25) is 76.8 Å². The molecule has 1 unspecified atom stereocenters. The summed E-state index contributed by atoms with van der Waals surface area (Å²) in [6, 6.07) is 1.64. The number of hydrogen-bond donors (Lipinski definition) is 16. The zero-order valence-electron chi connectivity index (χ0n) is 64.4. The molecule has 115 heavy (non-hydrogen) atoms. The second-order valence-electron chi connectivity index (χ2n) is 27.5. The molecule has 0 aliphatic carbocycles. The third-order valence-corrected chi connectivity index (χ3v) is 19.1. The first kappa shape index (κ1) is 93.2. The Hall–Kier alpha value is -12.4. The Morgan fingerprint density at radius 3 is 1.99 bits per heavy atom. The smallest absolute Gasteiger partial charge is 0.349 e. The maximum atomic E-state index is 14.0. The summed E-state index contributed by atoms with van der Waals surface area (Å²) in [6.07, 6.45) is 2.17. The van der Waals surface area contributed by atoms with E-state index in [0.29, 0.717) is 49.8 Å². The number of nitro groups is 2. The maximum absolute atomic E-state index is 14.0. The number of nitrogens with zero attached hydrogens (tertiary/aromatic N) is 5. The molecule has 2 aromatic carbocycles. The van der Waals surface area contributed by atoms with Crippen molar-refractivity contribution >= 4 is 134 Å². The van der Waals surface area contributed by atoms with E-state index in [1.165, 1.54) is 24.1 Å². The SMILES string of the molecule is C=C(NC(=O)[C@H](CSC1CC(=O)N(CCNc2ccc([N+](=O)[O-])cc2[N+](=O)[O-])C1=O)NC(=O)CNC(=O)[C@H](CCCN=C(N)N)NC(=O)[C@@H](NC(=O)CNC(=O)[C@H](CC(C)C)NC(=O)[C@@H]1CCCN1C(=O)CNC(=O)CCCNC(=O)[C@@H](N)CCCCNC(=O)CCCNC(=O)c1cc2ccc(OC)cc2oc1=O)C(C)C)C(N)=O. The van der Waals surface area contributed by atoms with Crippen molar-refractivity contribution in [2.24, 2.45) is 39.8 Å². The Labute approximate surface area is 663 Å². The molecule has 7 atom stereocenters. The third-order valence-electron chi connectivity index (χ3n) is 17.8. The molecule has 15 amide bonds. The van der Waals surface area contributed by atoms with Gasteiger partial charge in [0, 0.05) is 88.3 Å². The van der Waals surface area contributed by atoms with Gasteiger partial charge in [-0.1, -0.05) is 34.3 Å². The third kappa shape index (κ3) is 30.9. The summed E-state index contributed by atoms with van der Waals surface area (Å²) < 4.78 is 10.4. The number of imide groups is 1. The van der Waals surface area contributed by atoms with Crippen LogP contribution in [0.25, 0.3) is 11.0 Å². The van der Waals surface area contributed by atoms with Crippen LogP contribution in [0.2, 0.25) is 0 Å². The number of rotatable bonds is 49. The second-order valence-corrected chi connectivity index (χ2v) is 28.7. The highest BCUT2D eigenvalue weighted by Gasteiger charge is 2.41. The molecule has 2 saturated heterocycles. The van der Waals surface area contributed by atoms with E-state index < -0.39 is 188 Å². The summed E-state index contributed by atoms with van der Waals surface area (Å²) in [5, 5.41) is 52.6. The van der Waals surface area contributed by atoms with Gasteiger partial charge in [-0.15, -0.1) is 11.8 Å². The monoisotopic (exact) mass is 1630 g/mol. The molecule has 0 bridgehead atoms. The van der Waals surface area contributed by atoms with Crippen LogP contribution >= 0.6 is 11.8 Å². The lowest BCUT2D eigenvalue weighted by molar-refractivity contribution is -0.393. The van der Waals surface area contributed by atoms with Crippen LogP contribution in [0.15, 0.2) is 68.9 Å². The van der Waals surface area contributed by atoms with Crippen molar-refractivity contribution in [3.05, 3.63) is 91.0 Å². The van der Waals surface area contributed by atoms with Gasteiger partial charge in [0.05, 0.1) is 59.6 Å². The molecule has 43 nitrogen and oxygen atoms in total. The number of benzene rings is 2. The minimum absolute atomic E-state index is 0.0268. The summed E-state index contributed by atoms with van der Waals surface area (Å²) in [6.45, 7) is 8.23. The largest absolute Gasteiger partial charge is 0.497 e. The highest BCUT2D eigenvalue weighted by molar-refractivity contribution is 8.00. The predicted molar refractivity (Wildman–Crippen MR) is 416 cm³/mol. The van der Waals surface area contributed by atoms with E-state index in [2.05, 4.69) is 75.4 Å². The molecule has 0 saturated carbocycles. The standard InChI is InChI=1S/C71H101N21O22S/c1-38(2)29-48(87-67(105)50-15-12-27-89(50)59(98)36-81-55(94)17-11-24-79-63(101)45(72)13-7-8-22-77-54(93)16-10-23-78-62(100)44-30-41-18-20-43(113-6)32-52(41)114-70(44)108)65(103)83-35-57(96)88-60(39(3)4)68(106)86-47(14-9-25-80-71(74)75)64(102)82-34-56(95)85-49(66(104)84-40(5)61(73)99)37-115-53-33-58(97)90(69(53)107)28-26-76-46-21-19-42(91(109)110)31-51(46)92(111)112/h18-21,30-32,38-39,45,47-50,53,60,76H,5,7-17,22-29,33-37,72H2,1-4,6H3,(H2,73,99)(H,77,93)(H,78,100)(H,79,101)(H,81,94)(H,82,102)(H,83,103)(H,84,104)(H,85,95)(H,86,106)(H,87,105)(H,88,96)(H4,74,75,80)/t45-,47-,48-,49-,50-,53?,60-/m0/s1. The van der Waals surface area contributed by atoms with Gasteiger partial charge in [-0.3, -0.25) is 102 Å². The molecule has 20 N–H and O–H groups in total. The highest BCUT2D eigenvalue weighted by Crippen LogP contribution is 2.30. The van der Waals surface area contributed by atoms with E-state index >= 15 is 0 Å². The van der Waals surface area contributed by atoms with Crippen molar-refractivity contribution in [3.8, 4) is 5.75 Å². The van der Waals surface area contributed by atoms with Gasteiger partial charge in [0.15, 0.2) is 5.96 Å². The Bertz CT molecular complexity index is 4190. The number of carbonyl (C=O) groups is 15. The van der Waals surface area contributed by atoms with E-state index in [4.69, 9.17) is 32.1 Å². The van der Waals surface area contributed by atoms with Crippen LogP contribution in [0.4, 0.5) is 17.1 Å². The Balaban J connectivity index is 1.03. The summed E-state index contributed by atoms with van der Waals surface area (Å²) >= 11 is 0.758. The van der Waals surface area contributed by atoms with Crippen LogP contribution < -0.4 is 97.1 Å². The fourth-order valence-electron chi connectivity index (χ4n) is 11.7. The van der Waals surface area contributed by atoms with Crippen LogP contribution in [0.1, 0.15) is 122 Å². The number of ether oxygens (including phenoxy) is 1. The summed E-state index contributed by atoms with van der Waals surface area (Å²) in [7, 11) is 1.47. The average molecular weight is 1630 g/mol. The summed E-state index contributed by atoms with van der Waals surface area (Å²) in [5.41, 5.74) is 19.7. The van der Waals surface area contributed by atoms with E-state index in [1.54, 1.807) is 39.8 Å². The number of anilines is 1. The summed E-state index contributed by atoms with van der Waals surface area (Å²) in [5.74, 6) is -12.2. The van der Waals surface area contributed by atoms with Gasteiger partial charge in [-0.2, -0.15) is 0 Å². The normalized spacial score (nSPS) is 15.0. The first-order valence-electron chi connectivity index (χ1n) is 37.0. The number of amides is 15. The number of carbonyl (C=O) groups excluding carboxylic acids is 15. The van der Waals surface area contributed by atoms with Gasteiger partial charge in [-0.25, -0.2) is 4.79 Å². The lowest BCUT2D eigenvalue weighted by Crippen LogP contribution is -2.58. The molecular formula is C71H101N21O22S. The van der Waals surface area contributed by atoms with Gasteiger partial charge in [0.1, 0.15) is 52.8 Å². The molecule has 3 heterocycles. The minimum atomic E-state index is -1.59. The van der Waals surface area contributed by atoms with Gasteiger partial charge in [-0.05, 0) is 100 Å². The number of nitrogens with one attached hydrogen (secondary N) is 12. The Morgan fingerprint density at radius 2 is 1.35 bits per heavy atom. The first-order valence-corrected chi connectivity index (χ1v) is 38.0. The lowest BCUT2D eigenvalue weighted by atomic mass is 10.0. The molecule has 1 aromatic heterocycles. The van der Waals surface area contributed by atoms with Crippen LogP contribution in [0, 0.1) is 32.1 Å². The maximum Gasteiger partial charge on any atom is 0.349 e. The number of nitro benzene ring substituents is 2. The molecule has 3 aromatic rings. The summed E-state index contributed by atoms with van der Waals surface area (Å²) in [4.78, 5) is 238. The number of thioether (sulfide) groups is 1. The number of methoxy groups -OCH3 is 1. The van der Waals surface area contributed by atoms with Crippen LogP contribution in [0.3, 0.4) is 0 Å². The second kappa shape index (κ2) is 46.6. The molecule has 2 aliphatic heterocycles. The van der Waals surface area contributed by atoms with Crippen molar-refractivity contribution in [1.82, 2.24) is 68.3 Å². The number of fused-ring (bicyclic) bond motifs is 1. The zero-order chi connectivity index (χ0) is 85.2. The molecule has 44 heteroatoms. The van der Waals surface area contributed by atoms with Gasteiger partial charge >= 0.3 is 5.63 Å². The average Bonchev–Trinajstić information content (AvgIpc) is 1.77. The van der Waals surface area contributed by atoms with E-state index in [9.17, 15) is 96.9 Å². The van der Waals surface area contributed by atoms with Crippen molar-refractivity contribution in [1.29, 1.82) is 0 Å². The zero-order valence-corrected chi connectivity index (χ0v) is 65.2.